The van der Waals surface area contributed by atoms with Crippen molar-refractivity contribution >= 4 is 0 Å². The lowest BCUT2D eigenvalue weighted by Gasteiger charge is -2.40. The highest BCUT2D eigenvalue weighted by Crippen LogP contribution is 2.23. The Morgan fingerprint density at radius 2 is 1.34 bits per heavy atom. The maximum Gasteiger partial charge on any atom is 0.186 e. The molecule has 0 bridgehead atoms. The van der Waals surface area contributed by atoms with E-state index in [0.29, 0.717) is 30.2 Å². The van der Waals surface area contributed by atoms with E-state index in [1.165, 1.54) is 0 Å². The van der Waals surface area contributed by atoms with Crippen molar-refractivity contribution in [1.82, 2.24) is 40.0 Å². The Hall–Kier alpha value is -3.66. The van der Waals surface area contributed by atoms with Crippen molar-refractivity contribution in [2.24, 2.45) is 0 Å². The van der Waals surface area contributed by atoms with E-state index in [0.717, 1.165) is 5.69 Å². The van der Waals surface area contributed by atoms with Crippen molar-refractivity contribution in [2.75, 3.05) is 19.8 Å². The van der Waals surface area contributed by atoms with E-state index in [1.807, 2.05) is 36.4 Å². The second-order valence-electron chi connectivity index (χ2n) is 8.62. The van der Waals surface area contributed by atoms with E-state index in [-0.39, 0.29) is 19.8 Å². The number of ether oxygens (including phenoxy) is 3. The summed E-state index contributed by atoms with van der Waals surface area (Å²) in [5.41, 5.74) is 2.68. The smallest absolute Gasteiger partial charge is 0.186 e. The van der Waals surface area contributed by atoms with Crippen LogP contribution < -0.4 is 0 Å². The molecular weight excluding hydrogens is 496 g/mol. The molecule has 0 aromatic carbocycles. The molecule has 14 nitrogen and oxygen atoms in total. The molecule has 14 heteroatoms. The molecule has 0 aliphatic carbocycles. The Kier molecular flexibility index (Phi) is 8.37. The van der Waals surface area contributed by atoms with Gasteiger partial charge >= 0.3 is 0 Å². The number of aromatic nitrogens is 8. The zero-order valence-corrected chi connectivity index (χ0v) is 20.3. The van der Waals surface area contributed by atoms with Crippen LogP contribution in [0.1, 0.15) is 0 Å². The molecule has 0 radical (unpaired) electrons. The summed E-state index contributed by atoms with van der Waals surface area (Å²) in [4.78, 5) is 8.48. The van der Waals surface area contributed by atoms with E-state index in [2.05, 4.69) is 30.6 Å². The summed E-state index contributed by atoms with van der Waals surface area (Å²) in [6.07, 6.45) is 0.558. The van der Waals surface area contributed by atoms with Crippen molar-refractivity contribution in [1.29, 1.82) is 0 Å². The molecule has 0 spiro atoms. The number of hydrogen-bond donors (Lipinski definition) is 3. The second-order valence-corrected chi connectivity index (χ2v) is 8.62. The van der Waals surface area contributed by atoms with Crippen molar-refractivity contribution in [3.05, 3.63) is 61.2 Å². The van der Waals surface area contributed by atoms with Gasteiger partial charge in [-0.3, -0.25) is 9.97 Å². The predicted octanol–water partition coefficient (Wildman–Crippen LogP) is -0.465. The van der Waals surface area contributed by atoms with Crippen LogP contribution in [0.2, 0.25) is 0 Å². The summed E-state index contributed by atoms with van der Waals surface area (Å²) in [7, 11) is 0. The first-order valence-electron chi connectivity index (χ1n) is 12.1. The fraction of sp³-hybridized carbons (Fsp3) is 0.417. The molecule has 3 N–H and O–H groups in total. The van der Waals surface area contributed by atoms with Gasteiger partial charge < -0.3 is 29.5 Å². The highest BCUT2D eigenvalue weighted by atomic mass is 16.7. The van der Waals surface area contributed by atoms with Crippen LogP contribution in [0.4, 0.5) is 0 Å². The molecule has 4 aromatic rings. The van der Waals surface area contributed by atoms with Crippen LogP contribution in [0.3, 0.4) is 0 Å². The highest BCUT2D eigenvalue weighted by Gasteiger charge is 2.44. The maximum atomic E-state index is 10.4. The molecule has 0 saturated carbocycles. The minimum atomic E-state index is -1.46. The lowest BCUT2D eigenvalue weighted by atomic mass is 9.99. The first kappa shape index (κ1) is 26.0. The van der Waals surface area contributed by atoms with Crippen LogP contribution in [-0.4, -0.2) is 106 Å². The standard InChI is InChI=1S/C24H28N8O6/c33-21-20(15-36-11-9-31-13-18(27-29-31)16-5-1-3-7-25-16)38-24(23(35)22(21)34)37-12-10-32-14-19(28-30-32)17-6-2-4-8-26-17/h1-8,13-14,20-24,33-35H,9-12,15H2/t20-,21-,22+,23-,24-/m1/s1. The third-order valence-electron chi connectivity index (χ3n) is 5.95. The van der Waals surface area contributed by atoms with Gasteiger partial charge in [-0.15, -0.1) is 10.2 Å². The van der Waals surface area contributed by atoms with Gasteiger partial charge in [-0.1, -0.05) is 22.6 Å². The van der Waals surface area contributed by atoms with Crippen LogP contribution in [0.25, 0.3) is 22.8 Å². The number of nitrogens with zero attached hydrogens (tertiary/aromatic N) is 8. The van der Waals surface area contributed by atoms with E-state index < -0.39 is 30.7 Å². The average Bonchev–Trinajstić information content (AvgIpc) is 3.63. The van der Waals surface area contributed by atoms with Gasteiger partial charge in [0, 0.05) is 12.4 Å². The number of rotatable bonds is 11. The maximum absolute atomic E-state index is 10.4. The summed E-state index contributed by atoms with van der Waals surface area (Å²) in [5, 5.41) is 47.3. The van der Waals surface area contributed by atoms with E-state index >= 15 is 0 Å². The lowest BCUT2D eigenvalue weighted by Crippen LogP contribution is -2.59. The van der Waals surface area contributed by atoms with Gasteiger partial charge in [-0.25, -0.2) is 9.36 Å². The van der Waals surface area contributed by atoms with Crippen LogP contribution >= 0.6 is 0 Å². The number of aliphatic hydroxyl groups excluding tert-OH is 3. The normalized spacial score (nSPS) is 23.5. The van der Waals surface area contributed by atoms with Crippen LogP contribution in [0, 0.1) is 0 Å². The van der Waals surface area contributed by atoms with Crippen molar-refractivity contribution in [3.8, 4) is 22.8 Å². The van der Waals surface area contributed by atoms with Gasteiger partial charge in [0.25, 0.3) is 0 Å². The zero-order chi connectivity index (χ0) is 26.3. The first-order chi connectivity index (χ1) is 18.6. The van der Waals surface area contributed by atoms with Crippen LogP contribution in [-0.2, 0) is 27.3 Å². The third-order valence-corrected chi connectivity index (χ3v) is 5.95. The van der Waals surface area contributed by atoms with Gasteiger partial charge in [-0.05, 0) is 24.3 Å². The van der Waals surface area contributed by atoms with E-state index in [9.17, 15) is 15.3 Å². The molecule has 1 saturated heterocycles. The van der Waals surface area contributed by atoms with Crippen molar-refractivity contribution in [3.63, 3.8) is 0 Å². The molecule has 1 aliphatic heterocycles. The SMILES string of the molecule is O[C@@H]1[C@@H](O)[C@H](OCCn2cc(-c3ccccn3)nn2)O[C@H](COCCn2cc(-c3ccccn3)nn2)[C@H]1O. The quantitative estimate of drug-likeness (QED) is 0.216. The Labute approximate surface area is 217 Å². The Morgan fingerprint density at radius 3 is 1.92 bits per heavy atom. The van der Waals surface area contributed by atoms with Gasteiger partial charge in [0.15, 0.2) is 6.29 Å². The highest BCUT2D eigenvalue weighted by molar-refractivity contribution is 5.51. The summed E-state index contributed by atoms with van der Waals surface area (Å²) in [6.45, 7) is 1.08. The molecule has 4 aromatic heterocycles. The fourth-order valence-corrected chi connectivity index (χ4v) is 3.89. The van der Waals surface area contributed by atoms with E-state index in [1.54, 1.807) is 34.2 Å². The minimum absolute atomic E-state index is 0.0247. The molecular formula is C24H28N8O6. The summed E-state index contributed by atoms with van der Waals surface area (Å²) < 4.78 is 20.2. The zero-order valence-electron chi connectivity index (χ0n) is 20.3. The average molecular weight is 525 g/mol. The van der Waals surface area contributed by atoms with Gasteiger partial charge in [0.2, 0.25) is 0 Å². The number of hydrogen-bond acceptors (Lipinski definition) is 12. The predicted molar refractivity (Wildman–Crippen MR) is 130 cm³/mol. The Morgan fingerprint density at radius 1 is 0.737 bits per heavy atom. The molecule has 5 rings (SSSR count). The largest absolute Gasteiger partial charge is 0.387 e. The van der Waals surface area contributed by atoms with Crippen molar-refractivity contribution in [2.45, 2.75) is 43.8 Å². The summed E-state index contributed by atoms with van der Waals surface area (Å²) >= 11 is 0. The molecule has 38 heavy (non-hydrogen) atoms. The third kappa shape index (κ3) is 6.24. The topological polar surface area (TPSA) is 176 Å². The Bertz CT molecular complexity index is 1270. The molecule has 1 fully saturated rings. The summed E-state index contributed by atoms with van der Waals surface area (Å²) in [6, 6.07) is 11.0. The lowest BCUT2D eigenvalue weighted by molar-refractivity contribution is -0.303. The molecule has 5 heterocycles. The molecule has 5 atom stereocenters. The van der Waals surface area contributed by atoms with Gasteiger partial charge in [0.05, 0.1) is 56.7 Å². The number of aliphatic hydroxyl groups is 3. The number of pyridine rings is 2. The van der Waals surface area contributed by atoms with Crippen LogP contribution in [0.15, 0.2) is 61.2 Å². The molecule has 0 unspecified atom stereocenters. The van der Waals surface area contributed by atoms with Gasteiger partial charge in [0.1, 0.15) is 35.8 Å². The van der Waals surface area contributed by atoms with Crippen LogP contribution in [0.5, 0.6) is 0 Å². The van der Waals surface area contributed by atoms with Gasteiger partial charge in [-0.2, -0.15) is 0 Å². The summed E-state index contributed by atoms with van der Waals surface area (Å²) in [5.74, 6) is 0. The second kappa shape index (κ2) is 12.3. The first-order valence-corrected chi connectivity index (χ1v) is 12.1. The minimum Gasteiger partial charge on any atom is -0.387 e. The van der Waals surface area contributed by atoms with Crippen molar-refractivity contribution < 1.29 is 29.5 Å². The molecule has 1 aliphatic rings. The monoisotopic (exact) mass is 524 g/mol. The fourth-order valence-electron chi connectivity index (χ4n) is 3.89. The molecule has 0 amide bonds. The van der Waals surface area contributed by atoms with E-state index in [4.69, 9.17) is 14.2 Å². The molecule has 200 valence electrons. The Balaban J connectivity index is 1.07.